The molecule has 1 heterocycles. The van der Waals surface area contributed by atoms with Crippen LogP contribution in [0.3, 0.4) is 0 Å². The van der Waals surface area contributed by atoms with Gasteiger partial charge in [-0.3, -0.25) is 4.79 Å². The zero-order valence-electron chi connectivity index (χ0n) is 12.5. The van der Waals surface area contributed by atoms with Crippen molar-refractivity contribution in [3.05, 3.63) is 65.2 Å². The molecule has 22 heavy (non-hydrogen) atoms. The molecule has 0 aliphatic carbocycles. The third kappa shape index (κ3) is 2.93. The van der Waals surface area contributed by atoms with Crippen molar-refractivity contribution in [2.75, 3.05) is 0 Å². The minimum atomic E-state index is -0.0190. The molecule has 0 fully saturated rings. The van der Waals surface area contributed by atoms with E-state index in [-0.39, 0.29) is 12.3 Å². The summed E-state index contributed by atoms with van der Waals surface area (Å²) in [6, 6.07) is 15.4. The predicted octanol–water partition coefficient (Wildman–Crippen LogP) is 2.84. The lowest BCUT2D eigenvalue weighted by atomic mass is 10.0. The van der Waals surface area contributed by atoms with Crippen LogP contribution in [0, 0.1) is 13.8 Å². The monoisotopic (exact) mass is 292 g/mol. The Morgan fingerprint density at radius 3 is 2.59 bits per heavy atom. The summed E-state index contributed by atoms with van der Waals surface area (Å²) >= 11 is 0. The van der Waals surface area contributed by atoms with Crippen LogP contribution in [0.4, 0.5) is 0 Å². The molecule has 0 bridgehead atoms. The van der Waals surface area contributed by atoms with Crippen molar-refractivity contribution in [3.8, 4) is 11.4 Å². The number of rotatable bonds is 4. The number of carbonyl (C=O) groups is 1. The van der Waals surface area contributed by atoms with Crippen molar-refractivity contribution in [2.45, 2.75) is 20.4 Å². The zero-order chi connectivity index (χ0) is 15.5. The quantitative estimate of drug-likeness (QED) is 0.694. The first-order chi connectivity index (χ1) is 10.6. The minimum Gasteiger partial charge on any atom is -0.292 e. The summed E-state index contributed by atoms with van der Waals surface area (Å²) in [5.74, 6) is 0.503. The van der Waals surface area contributed by atoms with Gasteiger partial charge in [0.1, 0.15) is 6.54 Å². The fraction of sp³-hybridized carbons (Fsp3) is 0.176. The van der Waals surface area contributed by atoms with Crippen LogP contribution < -0.4 is 0 Å². The van der Waals surface area contributed by atoms with Gasteiger partial charge in [0.15, 0.2) is 5.78 Å². The molecule has 3 rings (SSSR count). The maximum absolute atomic E-state index is 12.4. The number of nitrogens with zero attached hydrogens (tertiary/aromatic N) is 4. The van der Waals surface area contributed by atoms with Gasteiger partial charge < -0.3 is 0 Å². The average molecular weight is 292 g/mol. The Kier molecular flexibility index (Phi) is 3.78. The molecule has 0 unspecified atom stereocenters. The van der Waals surface area contributed by atoms with Crippen molar-refractivity contribution in [2.24, 2.45) is 0 Å². The molecule has 2 aromatic carbocycles. The van der Waals surface area contributed by atoms with Crippen LogP contribution >= 0.6 is 0 Å². The number of hydrogen-bond donors (Lipinski definition) is 0. The summed E-state index contributed by atoms with van der Waals surface area (Å²) in [7, 11) is 0. The Balaban J connectivity index is 1.79. The molecule has 0 N–H and O–H groups in total. The third-order valence-corrected chi connectivity index (χ3v) is 3.45. The van der Waals surface area contributed by atoms with Gasteiger partial charge in [-0.25, -0.2) is 0 Å². The second-order valence-electron chi connectivity index (χ2n) is 5.25. The van der Waals surface area contributed by atoms with E-state index >= 15 is 0 Å². The second-order valence-corrected chi connectivity index (χ2v) is 5.25. The first-order valence-corrected chi connectivity index (χ1v) is 7.07. The van der Waals surface area contributed by atoms with Crippen LogP contribution in [-0.2, 0) is 6.54 Å². The van der Waals surface area contributed by atoms with Crippen molar-refractivity contribution >= 4 is 5.78 Å². The number of ketones is 1. The molecule has 0 aliphatic rings. The average Bonchev–Trinajstić information content (AvgIpc) is 2.96. The number of benzene rings is 2. The summed E-state index contributed by atoms with van der Waals surface area (Å²) in [5.41, 5.74) is 3.68. The summed E-state index contributed by atoms with van der Waals surface area (Å²) in [5, 5.41) is 12.2. The third-order valence-electron chi connectivity index (χ3n) is 3.45. The van der Waals surface area contributed by atoms with Gasteiger partial charge in [0.2, 0.25) is 5.82 Å². The van der Waals surface area contributed by atoms with Crippen LogP contribution in [0.1, 0.15) is 21.5 Å². The fourth-order valence-electron chi connectivity index (χ4n) is 2.35. The Morgan fingerprint density at radius 2 is 1.86 bits per heavy atom. The SMILES string of the molecule is Cc1ccc(C(=O)Cn2nnc(-c3ccccc3)n2)c(C)c1. The van der Waals surface area contributed by atoms with E-state index in [1.807, 2.05) is 62.4 Å². The van der Waals surface area contributed by atoms with E-state index in [9.17, 15) is 4.79 Å². The summed E-state index contributed by atoms with van der Waals surface area (Å²) < 4.78 is 0. The Labute approximate surface area is 128 Å². The van der Waals surface area contributed by atoms with Gasteiger partial charge in [-0.05, 0) is 24.6 Å². The lowest BCUT2D eigenvalue weighted by molar-refractivity contribution is 0.0961. The Hall–Kier alpha value is -2.82. The topological polar surface area (TPSA) is 60.7 Å². The number of aromatic nitrogens is 4. The van der Waals surface area contributed by atoms with Gasteiger partial charge in [-0.1, -0.05) is 54.1 Å². The van der Waals surface area contributed by atoms with E-state index in [1.54, 1.807) is 0 Å². The highest BCUT2D eigenvalue weighted by molar-refractivity contribution is 5.97. The van der Waals surface area contributed by atoms with Crippen LogP contribution in [-0.4, -0.2) is 26.0 Å². The molecule has 110 valence electrons. The normalized spacial score (nSPS) is 10.6. The Bertz CT molecular complexity index is 809. The van der Waals surface area contributed by atoms with Gasteiger partial charge in [-0.2, -0.15) is 4.80 Å². The van der Waals surface area contributed by atoms with Gasteiger partial charge in [0, 0.05) is 11.1 Å². The van der Waals surface area contributed by atoms with E-state index in [2.05, 4.69) is 15.4 Å². The highest BCUT2D eigenvalue weighted by Crippen LogP contribution is 2.14. The molecule has 1 aromatic heterocycles. The van der Waals surface area contributed by atoms with Crippen LogP contribution in [0.5, 0.6) is 0 Å². The molecular formula is C17H16N4O. The molecule has 0 saturated heterocycles. The van der Waals surface area contributed by atoms with Crippen molar-refractivity contribution < 1.29 is 4.79 Å². The molecule has 0 amide bonds. The van der Waals surface area contributed by atoms with Gasteiger partial charge >= 0.3 is 0 Å². The number of aryl methyl sites for hydroxylation is 2. The molecule has 0 saturated carbocycles. The van der Waals surface area contributed by atoms with Crippen LogP contribution in [0.2, 0.25) is 0 Å². The van der Waals surface area contributed by atoms with E-state index < -0.39 is 0 Å². The highest BCUT2D eigenvalue weighted by atomic mass is 16.1. The van der Waals surface area contributed by atoms with Crippen LogP contribution in [0.15, 0.2) is 48.5 Å². The molecule has 5 heteroatoms. The van der Waals surface area contributed by atoms with Gasteiger partial charge in [0.25, 0.3) is 0 Å². The van der Waals surface area contributed by atoms with E-state index in [0.717, 1.165) is 16.7 Å². The highest BCUT2D eigenvalue weighted by Gasteiger charge is 2.12. The largest absolute Gasteiger partial charge is 0.292 e. The standard InChI is InChI=1S/C17H16N4O/c1-12-8-9-15(13(2)10-12)16(22)11-21-19-17(18-20-21)14-6-4-3-5-7-14/h3-10H,11H2,1-2H3. The number of hydrogen-bond acceptors (Lipinski definition) is 4. The first kappa shape index (κ1) is 14.1. The minimum absolute atomic E-state index is 0.0190. The molecule has 0 radical (unpaired) electrons. The number of carbonyl (C=O) groups excluding carboxylic acids is 1. The fourth-order valence-corrected chi connectivity index (χ4v) is 2.35. The van der Waals surface area contributed by atoms with E-state index in [0.29, 0.717) is 11.4 Å². The summed E-state index contributed by atoms with van der Waals surface area (Å²) in [4.78, 5) is 13.7. The summed E-state index contributed by atoms with van der Waals surface area (Å²) in [6.45, 7) is 4.03. The van der Waals surface area contributed by atoms with Crippen molar-refractivity contribution in [3.63, 3.8) is 0 Å². The maximum atomic E-state index is 12.4. The lowest BCUT2D eigenvalue weighted by Crippen LogP contribution is -2.14. The molecule has 0 aliphatic heterocycles. The molecule has 0 atom stereocenters. The van der Waals surface area contributed by atoms with Crippen molar-refractivity contribution in [1.29, 1.82) is 0 Å². The predicted molar refractivity (Wildman–Crippen MR) is 83.5 cm³/mol. The van der Waals surface area contributed by atoms with Gasteiger partial charge in [-0.15, -0.1) is 10.2 Å². The first-order valence-electron chi connectivity index (χ1n) is 7.07. The second kappa shape index (κ2) is 5.89. The molecule has 5 nitrogen and oxygen atoms in total. The van der Waals surface area contributed by atoms with E-state index in [4.69, 9.17) is 0 Å². The zero-order valence-corrected chi connectivity index (χ0v) is 12.5. The van der Waals surface area contributed by atoms with E-state index in [1.165, 1.54) is 4.80 Å². The molecular weight excluding hydrogens is 276 g/mol. The summed E-state index contributed by atoms with van der Waals surface area (Å²) in [6.07, 6.45) is 0. The molecule has 0 spiro atoms. The van der Waals surface area contributed by atoms with Crippen molar-refractivity contribution in [1.82, 2.24) is 20.2 Å². The molecule has 3 aromatic rings. The lowest BCUT2D eigenvalue weighted by Gasteiger charge is -2.05. The smallest absolute Gasteiger partial charge is 0.204 e. The van der Waals surface area contributed by atoms with Crippen LogP contribution in [0.25, 0.3) is 11.4 Å². The maximum Gasteiger partial charge on any atom is 0.204 e. The number of Topliss-reactive ketones (excluding diaryl/α,β-unsaturated/α-hetero) is 1. The van der Waals surface area contributed by atoms with Gasteiger partial charge in [0.05, 0.1) is 0 Å². The Morgan fingerprint density at radius 1 is 1.09 bits per heavy atom. The number of tetrazole rings is 1.